The van der Waals surface area contributed by atoms with Crippen LogP contribution in [0.4, 0.5) is 10.5 Å². The Morgan fingerprint density at radius 3 is 2.58 bits per heavy atom. The number of non-ortho nitro benzene ring substituents is 1. The topological polar surface area (TPSA) is 149 Å². The number of nitro benzene ring substituents is 1. The van der Waals surface area contributed by atoms with Crippen molar-refractivity contribution >= 4 is 17.7 Å². The highest BCUT2D eigenvalue weighted by atomic mass is 16.6. The minimum atomic E-state index is -0.960. The van der Waals surface area contributed by atoms with E-state index in [-0.39, 0.29) is 31.1 Å². The second-order valence-corrected chi connectivity index (χ2v) is 9.29. The van der Waals surface area contributed by atoms with E-state index in [1.165, 1.54) is 24.1 Å². The summed E-state index contributed by atoms with van der Waals surface area (Å²) in [5.74, 6) is -0.671. The zero-order valence-corrected chi connectivity index (χ0v) is 22.7. The number of carbonyl (C=O) groups excluding carboxylic acids is 2. The van der Waals surface area contributed by atoms with Crippen LogP contribution in [0.1, 0.15) is 43.7 Å². The van der Waals surface area contributed by atoms with E-state index in [4.69, 9.17) is 19.3 Å². The van der Waals surface area contributed by atoms with E-state index in [0.717, 1.165) is 5.56 Å². The van der Waals surface area contributed by atoms with Crippen molar-refractivity contribution in [2.75, 3.05) is 26.9 Å². The van der Waals surface area contributed by atoms with E-state index >= 15 is 0 Å². The number of ether oxygens (including phenoxy) is 3. The first-order valence-electron chi connectivity index (χ1n) is 12.9. The molecular weight excluding hydrogens is 520 g/mol. The summed E-state index contributed by atoms with van der Waals surface area (Å²) in [5.41, 5.74) is 2.38. The van der Waals surface area contributed by atoms with Crippen LogP contribution in [0.3, 0.4) is 0 Å². The van der Waals surface area contributed by atoms with E-state index in [2.05, 4.69) is 0 Å². The molecule has 11 nitrogen and oxygen atoms in total. The number of unbranched alkanes of at least 4 members (excludes halogenated alkanes) is 1. The minimum Gasteiger partial charge on any atom is -0.491 e. The van der Waals surface area contributed by atoms with E-state index < -0.39 is 29.0 Å². The highest BCUT2D eigenvalue weighted by Crippen LogP contribution is 2.38. The number of carbonyl (C=O) groups is 2. The Morgan fingerprint density at radius 1 is 1.12 bits per heavy atom. The Labute approximate surface area is 232 Å². The second-order valence-electron chi connectivity index (χ2n) is 9.29. The first-order valence-corrected chi connectivity index (χ1v) is 12.9. The summed E-state index contributed by atoms with van der Waals surface area (Å²) in [6.07, 6.45) is 2.00. The molecule has 1 amide bonds. The number of rotatable bonds is 12. The number of allylic oxidation sites excluding steroid dienone is 3. The van der Waals surface area contributed by atoms with Crippen molar-refractivity contribution in [1.82, 2.24) is 4.90 Å². The van der Waals surface area contributed by atoms with Crippen LogP contribution in [0.15, 0.2) is 71.6 Å². The Kier molecular flexibility index (Phi) is 10.8. The van der Waals surface area contributed by atoms with Crippen LogP contribution in [-0.4, -0.2) is 65.1 Å². The molecule has 0 radical (unpaired) electrons. The fraction of sp³-hybridized carbons (Fsp3) is 0.379. The molecule has 2 atom stereocenters. The maximum atomic E-state index is 13.0. The molecule has 1 heterocycles. The molecule has 0 saturated heterocycles. The molecule has 0 bridgehead atoms. The van der Waals surface area contributed by atoms with E-state index in [0.29, 0.717) is 42.0 Å². The normalized spacial score (nSPS) is 15.8. The molecular formula is C29H34N2O9. The number of para-hydroxylation sites is 1. The van der Waals surface area contributed by atoms with E-state index in [1.807, 2.05) is 18.2 Å². The van der Waals surface area contributed by atoms with Gasteiger partial charge in [0, 0.05) is 29.4 Å². The molecule has 11 heteroatoms. The van der Waals surface area contributed by atoms with Crippen molar-refractivity contribution in [2.24, 2.45) is 0 Å². The molecule has 1 aliphatic rings. The molecule has 0 aromatic heterocycles. The van der Waals surface area contributed by atoms with Gasteiger partial charge in [-0.05, 0) is 50.3 Å². The largest absolute Gasteiger partial charge is 0.491 e. The lowest BCUT2D eigenvalue weighted by atomic mass is 9.86. The zero-order valence-electron chi connectivity index (χ0n) is 22.7. The number of amides is 1. The molecule has 0 spiro atoms. The molecule has 2 unspecified atom stereocenters. The Bertz CT molecular complexity index is 1290. The standard InChI is InChI=1S/C29H34N2O9/c1-19-15-25(22-11-8-12-23(16-22)31(36)37)27(28(34)38-3)20(2)30(19)29(35)39-14-7-6-10-21-9-4-5-13-26(21)40-18-24(33)17-32/h4-5,8-9,11-13,15-16,24-25,32-33H,6-7,10,14,17-18H2,1-3H3. The van der Waals surface area contributed by atoms with Crippen LogP contribution >= 0.6 is 0 Å². The smallest absolute Gasteiger partial charge is 0.418 e. The van der Waals surface area contributed by atoms with Crippen molar-refractivity contribution in [3.63, 3.8) is 0 Å². The van der Waals surface area contributed by atoms with Crippen molar-refractivity contribution in [3.8, 4) is 5.75 Å². The van der Waals surface area contributed by atoms with Crippen LogP contribution in [0.25, 0.3) is 0 Å². The van der Waals surface area contributed by atoms with Gasteiger partial charge in [-0.15, -0.1) is 0 Å². The lowest BCUT2D eigenvalue weighted by Crippen LogP contribution is -2.34. The molecule has 2 N–H and O–H groups in total. The number of methoxy groups -OCH3 is 1. The molecule has 3 rings (SSSR count). The summed E-state index contributed by atoms with van der Waals surface area (Å²) in [4.78, 5) is 37.9. The van der Waals surface area contributed by atoms with E-state index in [9.17, 15) is 24.8 Å². The van der Waals surface area contributed by atoms with Gasteiger partial charge in [0.2, 0.25) is 0 Å². The second kappa shape index (κ2) is 14.2. The van der Waals surface area contributed by atoms with Gasteiger partial charge < -0.3 is 24.4 Å². The molecule has 0 saturated carbocycles. The summed E-state index contributed by atoms with van der Waals surface area (Å²) in [7, 11) is 1.24. The van der Waals surface area contributed by atoms with Gasteiger partial charge in [-0.25, -0.2) is 9.59 Å². The number of hydrogen-bond donors (Lipinski definition) is 2. The van der Waals surface area contributed by atoms with Crippen molar-refractivity contribution in [1.29, 1.82) is 0 Å². The van der Waals surface area contributed by atoms with Crippen LogP contribution in [0, 0.1) is 10.1 Å². The van der Waals surface area contributed by atoms with Gasteiger partial charge in [0.15, 0.2) is 0 Å². The van der Waals surface area contributed by atoms with Crippen LogP contribution < -0.4 is 4.74 Å². The number of aliphatic hydroxyl groups is 2. The number of benzene rings is 2. The number of hydrogen-bond acceptors (Lipinski definition) is 9. The highest BCUT2D eigenvalue weighted by Gasteiger charge is 2.35. The number of nitrogens with zero attached hydrogens (tertiary/aromatic N) is 2. The average Bonchev–Trinajstić information content (AvgIpc) is 2.95. The Morgan fingerprint density at radius 2 is 1.88 bits per heavy atom. The number of aryl methyl sites for hydroxylation is 1. The Hall–Kier alpha value is -4.22. The fourth-order valence-electron chi connectivity index (χ4n) is 4.50. The van der Waals surface area contributed by atoms with E-state index in [1.54, 1.807) is 38.1 Å². The highest BCUT2D eigenvalue weighted by molar-refractivity contribution is 5.93. The summed E-state index contributed by atoms with van der Waals surface area (Å²) >= 11 is 0. The number of nitro groups is 1. The quantitative estimate of drug-likeness (QED) is 0.170. The minimum absolute atomic E-state index is 0.0176. The average molecular weight is 555 g/mol. The van der Waals surface area contributed by atoms with Crippen molar-refractivity contribution in [3.05, 3.63) is 92.8 Å². The predicted octanol–water partition coefficient (Wildman–Crippen LogP) is 4.24. The molecule has 2 aromatic carbocycles. The maximum absolute atomic E-state index is 13.0. The van der Waals surface area contributed by atoms with Gasteiger partial charge in [-0.2, -0.15) is 0 Å². The first kappa shape index (κ1) is 30.3. The SMILES string of the molecule is COC(=O)C1=C(C)N(C(=O)OCCCCc2ccccc2OCC(O)CO)C(C)=CC1c1cccc([N+](=O)[O-])c1. The summed E-state index contributed by atoms with van der Waals surface area (Å²) in [6.45, 7) is 3.05. The molecule has 214 valence electrons. The van der Waals surface area contributed by atoms with Gasteiger partial charge in [0.05, 0.1) is 30.8 Å². The molecule has 1 aliphatic heterocycles. The monoisotopic (exact) mass is 554 g/mol. The molecule has 40 heavy (non-hydrogen) atoms. The summed E-state index contributed by atoms with van der Waals surface area (Å²) in [5, 5.41) is 29.8. The number of aliphatic hydroxyl groups excluding tert-OH is 2. The van der Waals surface area contributed by atoms with Crippen LogP contribution in [-0.2, 0) is 20.7 Å². The van der Waals surface area contributed by atoms with Gasteiger partial charge in [0.25, 0.3) is 5.69 Å². The molecule has 0 fully saturated rings. The summed E-state index contributed by atoms with van der Waals surface area (Å²) < 4.78 is 16.1. The summed E-state index contributed by atoms with van der Waals surface area (Å²) in [6, 6.07) is 13.4. The van der Waals surface area contributed by atoms with Crippen molar-refractivity contribution < 1.29 is 38.9 Å². The third-order valence-electron chi connectivity index (χ3n) is 6.51. The first-order chi connectivity index (χ1) is 19.2. The lowest BCUT2D eigenvalue weighted by Gasteiger charge is -2.32. The van der Waals surface area contributed by atoms with Gasteiger partial charge in [-0.1, -0.05) is 36.4 Å². The molecule has 0 aliphatic carbocycles. The van der Waals surface area contributed by atoms with Crippen molar-refractivity contribution in [2.45, 2.75) is 45.1 Å². The maximum Gasteiger partial charge on any atom is 0.418 e. The number of esters is 1. The van der Waals surface area contributed by atoms with Gasteiger partial charge >= 0.3 is 12.1 Å². The Balaban J connectivity index is 1.65. The van der Waals surface area contributed by atoms with Gasteiger partial charge in [0.1, 0.15) is 18.5 Å². The fourth-order valence-corrected chi connectivity index (χ4v) is 4.50. The zero-order chi connectivity index (χ0) is 29.2. The van der Waals surface area contributed by atoms with Crippen LogP contribution in [0.5, 0.6) is 5.75 Å². The predicted molar refractivity (Wildman–Crippen MR) is 145 cm³/mol. The third kappa shape index (κ3) is 7.45. The van der Waals surface area contributed by atoms with Gasteiger partial charge in [-0.3, -0.25) is 15.0 Å². The molecule has 2 aromatic rings. The lowest BCUT2D eigenvalue weighted by molar-refractivity contribution is -0.384. The van der Waals surface area contributed by atoms with Crippen LogP contribution in [0.2, 0.25) is 0 Å². The third-order valence-corrected chi connectivity index (χ3v) is 6.51.